The molecule has 86 valence electrons. The minimum Gasteiger partial charge on any atom is -0.392 e. The summed E-state index contributed by atoms with van der Waals surface area (Å²) in [6.45, 7) is 6.20. The summed E-state index contributed by atoms with van der Waals surface area (Å²) in [5, 5.41) is 2.72. The van der Waals surface area contributed by atoms with Crippen molar-refractivity contribution < 1.29 is 9.53 Å². The normalized spacial score (nSPS) is 35.1. The third-order valence-corrected chi connectivity index (χ3v) is 3.13. The first-order valence-corrected chi connectivity index (χ1v) is 5.55. The van der Waals surface area contributed by atoms with Crippen LogP contribution in [0.4, 0.5) is 0 Å². The van der Waals surface area contributed by atoms with Crippen molar-refractivity contribution in [3.05, 3.63) is 0 Å². The fourth-order valence-electron chi connectivity index (χ4n) is 2.01. The van der Waals surface area contributed by atoms with Crippen LogP contribution in [0, 0.1) is 11.8 Å². The highest BCUT2D eigenvalue weighted by atomic mass is 32.1. The molecule has 1 aliphatic heterocycles. The van der Waals surface area contributed by atoms with Gasteiger partial charge in [-0.2, -0.15) is 0 Å². The number of nitrogens with two attached hydrogens (primary N) is 1. The average molecular weight is 230 g/mol. The number of ether oxygens (including phenoxy) is 1. The van der Waals surface area contributed by atoms with Gasteiger partial charge in [-0.05, 0) is 19.8 Å². The smallest absolute Gasteiger partial charge is 0.226 e. The Morgan fingerprint density at radius 3 is 2.40 bits per heavy atom. The van der Waals surface area contributed by atoms with E-state index in [1.807, 2.05) is 20.8 Å². The number of thiocarbonyl (C=S) groups is 1. The number of nitrogens with one attached hydrogen (secondary N) is 1. The fraction of sp³-hybridized carbons (Fsp3) is 0.800. The molecule has 1 aliphatic rings. The Balaban J connectivity index is 2.55. The molecule has 0 aromatic carbocycles. The summed E-state index contributed by atoms with van der Waals surface area (Å²) in [4.78, 5) is 12.1. The number of hydrogen-bond acceptors (Lipinski definition) is 3. The molecule has 1 heterocycles. The van der Waals surface area contributed by atoms with Crippen molar-refractivity contribution in [2.45, 2.75) is 33.0 Å². The Morgan fingerprint density at radius 2 is 2.00 bits per heavy atom. The van der Waals surface area contributed by atoms with Crippen molar-refractivity contribution in [2.24, 2.45) is 17.6 Å². The maximum Gasteiger partial charge on any atom is 0.226 e. The minimum absolute atomic E-state index is 0.0212. The summed E-state index contributed by atoms with van der Waals surface area (Å²) >= 11 is 4.70. The van der Waals surface area contributed by atoms with Crippen LogP contribution in [0.3, 0.4) is 0 Å². The molecule has 1 amide bonds. The van der Waals surface area contributed by atoms with E-state index in [2.05, 4.69) is 5.32 Å². The largest absolute Gasteiger partial charge is 0.392 e. The standard InChI is InChI=1S/C10H18N2O2S/c1-5-6(2)14-7(3)9(5)10(13)12-4-8(11)15/h5-7,9H,4H2,1-3H3,(H2,11,15)(H,12,13). The lowest BCUT2D eigenvalue weighted by molar-refractivity contribution is -0.126. The Labute approximate surface area is 95.5 Å². The summed E-state index contributed by atoms with van der Waals surface area (Å²) in [5.74, 6) is 0.104. The molecule has 4 unspecified atom stereocenters. The summed E-state index contributed by atoms with van der Waals surface area (Å²) in [5.41, 5.74) is 5.32. The Kier molecular flexibility index (Phi) is 4.04. The number of rotatable bonds is 3. The quantitative estimate of drug-likeness (QED) is 0.691. The predicted molar refractivity (Wildman–Crippen MR) is 62.5 cm³/mol. The molecule has 0 saturated carbocycles. The van der Waals surface area contributed by atoms with Gasteiger partial charge >= 0.3 is 0 Å². The molecule has 15 heavy (non-hydrogen) atoms. The van der Waals surface area contributed by atoms with Crippen LogP contribution in [-0.2, 0) is 9.53 Å². The molecule has 4 nitrogen and oxygen atoms in total. The highest BCUT2D eigenvalue weighted by molar-refractivity contribution is 7.80. The van der Waals surface area contributed by atoms with Gasteiger partial charge in [0.2, 0.25) is 5.91 Å². The molecule has 0 aromatic rings. The van der Waals surface area contributed by atoms with E-state index in [-0.39, 0.29) is 36.5 Å². The van der Waals surface area contributed by atoms with E-state index in [1.54, 1.807) is 0 Å². The van der Waals surface area contributed by atoms with E-state index >= 15 is 0 Å². The third kappa shape index (κ3) is 2.89. The van der Waals surface area contributed by atoms with Crippen LogP contribution >= 0.6 is 12.2 Å². The lowest BCUT2D eigenvalue weighted by atomic mass is 9.89. The molecule has 0 bridgehead atoms. The van der Waals surface area contributed by atoms with Crippen molar-refractivity contribution in [3.63, 3.8) is 0 Å². The van der Waals surface area contributed by atoms with Crippen LogP contribution in [0.2, 0.25) is 0 Å². The van der Waals surface area contributed by atoms with Crippen LogP contribution in [-0.4, -0.2) is 29.6 Å². The van der Waals surface area contributed by atoms with Gasteiger partial charge < -0.3 is 15.8 Å². The van der Waals surface area contributed by atoms with Crippen LogP contribution < -0.4 is 11.1 Å². The SMILES string of the molecule is CC1OC(C)C(C(=O)NCC(N)=S)C1C. The minimum atomic E-state index is -0.102. The van der Waals surface area contributed by atoms with Gasteiger partial charge in [-0.3, -0.25) is 4.79 Å². The number of amides is 1. The molecule has 0 spiro atoms. The lowest BCUT2D eigenvalue weighted by Crippen LogP contribution is -2.40. The molecule has 1 fully saturated rings. The average Bonchev–Trinajstić information content (AvgIpc) is 2.37. The first-order valence-electron chi connectivity index (χ1n) is 5.15. The van der Waals surface area contributed by atoms with Crippen molar-refractivity contribution in [3.8, 4) is 0 Å². The number of hydrogen-bond donors (Lipinski definition) is 2. The van der Waals surface area contributed by atoms with Crippen molar-refractivity contribution in [2.75, 3.05) is 6.54 Å². The van der Waals surface area contributed by atoms with Crippen molar-refractivity contribution in [1.29, 1.82) is 0 Å². The Bertz CT molecular complexity index is 270. The lowest BCUT2D eigenvalue weighted by Gasteiger charge is -2.17. The summed E-state index contributed by atoms with van der Waals surface area (Å²) in [6.07, 6.45) is 0.0851. The Hall–Kier alpha value is -0.680. The zero-order valence-electron chi connectivity index (χ0n) is 9.32. The maximum atomic E-state index is 11.8. The van der Waals surface area contributed by atoms with Crippen LogP contribution in [0.15, 0.2) is 0 Å². The van der Waals surface area contributed by atoms with Crippen LogP contribution in [0.25, 0.3) is 0 Å². The number of carbonyl (C=O) groups is 1. The van der Waals surface area contributed by atoms with Gasteiger partial charge in [-0.1, -0.05) is 19.1 Å². The fourth-order valence-corrected chi connectivity index (χ4v) is 2.08. The zero-order chi connectivity index (χ0) is 11.6. The van der Waals surface area contributed by atoms with Gasteiger partial charge in [0, 0.05) is 0 Å². The molecule has 1 saturated heterocycles. The monoisotopic (exact) mass is 230 g/mol. The van der Waals surface area contributed by atoms with E-state index in [9.17, 15) is 4.79 Å². The van der Waals surface area contributed by atoms with E-state index in [1.165, 1.54) is 0 Å². The van der Waals surface area contributed by atoms with Gasteiger partial charge in [0.1, 0.15) is 0 Å². The molecule has 3 N–H and O–H groups in total. The second-order valence-corrected chi connectivity index (χ2v) is 4.64. The van der Waals surface area contributed by atoms with Gasteiger partial charge in [0.15, 0.2) is 0 Å². The Morgan fingerprint density at radius 1 is 1.40 bits per heavy atom. The topological polar surface area (TPSA) is 64.3 Å². The molecule has 0 radical (unpaired) electrons. The summed E-state index contributed by atoms with van der Waals surface area (Å²) in [7, 11) is 0. The van der Waals surface area contributed by atoms with Gasteiger partial charge in [0.05, 0.1) is 29.7 Å². The van der Waals surface area contributed by atoms with Crippen LogP contribution in [0.5, 0.6) is 0 Å². The molecule has 4 atom stereocenters. The molecule has 0 aliphatic carbocycles. The molecule has 0 aromatic heterocycles. The second-order valence-electron chi connectivity index (χ2n) is 4.12. The zero-order valence-corrected chi connectivity index (χ0v) is 10.1. The maximum absolute atomic E-state index is 11.8. The highest BCUT2D eigenvalue weighted by Crippen LogP contribution is 2.31. The van der Waals surface area contributed by atoms with Crippen molar-refractivity contribution >= 4 is 23.1 Å². The van der Waals surface area contributed by atoms with E-state index < -0.39 is 0 Å². The molecular weight excluding hydrogens is 212 g/mol. The number of carbonyl (C=O) groups excluding carboxylic acids is 1. The predicted octanol–water partition coefficient (Wildman–Crippen LogP) is 0.448. The molecule has 1 rings (SSSR count). The van der Waals surface area contributed by atoms with Crippen molar-refractivity contribution in [1.82, 2.24) is 5.32 Å². The van der Waals surface area contributed by atoms with E-state index in [0.717, 1.165) is 0 Å². The van der Waals surface area contributed by atoms with E-state index in [0.29, 0.717) is 4.99 Å². The third-order valence-electron chi connectivity index (χ3n) is 2.98. The van der Waals surface area contributed by atoms with Gasteiger partial charge in [0.25, 0.3) is 0 Å². The first kappa shape index (κ1) is 12.4. The van der Waals surface area contributed by atoms with E-state index in [4.69, 9.17) is 22.7 Å². The van der Waals surface area contributed by atoms with Crippen LogP contribution in [0.1, 0.15) is 20.8 Å². The first-order chi connectivity index (χ1) is 6.93. The van der Waals surface area contributed by atoms with Gasteiger partial charge in [-0.15, -0.1) is 0 Å². The summed E-state index contributed by atoms with van der Waals surface area (Å²) in [6, 6.07) is 0. The molecular formula is C10H18N2O2S. The second kappa shape index (κ2) is 4.90. The summed E-state index contributed by atoms with van der Waals surface area (Å²) < 4.78 is 5.59. The highest BCUT2D eigenvalue weighted by Gasteiger charge is 2.41. The molecule has 5 heteroatoms. The van der Waals surface area contributed by atoms with Gasteiger partial charge in [-0.25, -0.2) is 0 Å².